The van der Waals surface area contributed by atoms with Gasteiger partial charge in [-0.15, -0.1) is 0 Å². The SMILES string of the molecule is COc1ccc(CSC[C@H](N)C(=O)NCC(=O)N[C@@H](CC(C)C)C(=O)N2CCC[C@H]2C(=O)N(CCCNc2cccc3c2C(=O)c2ccccc2C3=O)C(=O)[C@H](C)N)cc1.O=C(O)C(F)(F)F. The Kier molecular flexibility index (Phi) is 19.4. The van der Waals surface area contributed by atoms with Crippen LogP contribution in [0.15, 0.2) is 66.7 Å². The van der Waals surface area contributed by atoms with Crippen molar-refractivity contribution in [3.05, 3.63) is 94.5 Å². The second kappa shape index (κ2) is 24.4. The lowest BCUT2D eigenvalue weighted by Gasteiger charge is -2.32. The highest BCUT2D eigenvalue weighted by molar-refractivity contribution is 7.98. The first-order valence-corrected chi connectivity index (χ1v) is 22.6. The predicted octanol–water partition coefficient (Wildman–Crippen LogP) is 3.51. The Bertz CT molecular complexity index is 2290. The van der Waals surface area contributed by atoms with Crippen molar-refractivity contribution in [1.29, 1.82) is 0 Å². The number of ether oxygens (including phenoxy) is 1. The lowest BCUT2D eigenvalue weighted by atomic mass is 9.83. The third kappa shape index (κ3) is 14.6. The summed E-state index contributed by atoms with van der Waals surface area (Å²) in [6.45, 7) is 5.36. The summed E-state index contributed by atoms with van der Waals surface area (Å²) >= 11 is 1.48. The molecule has 21 heteroatoms. The van der Waals surface area contributed by atoms with Crippen molar-refractivity contribution in [1.82, 2.24) is 20.4 Å². The van der Waals surface area contributed by atoms with Crippen molar-refractivity contribution >= 4 is 64.5 Å². The minimum atomic E-state index is -5.08. The van der Waals surface area contributed by atoms with E-state index in [2.05, 4.69) is 16.0 Å². The first-order valence-electron chi connectivity index (χ1n) is 21.5. The van der Waals surface area contributed by atoms with E-state index in [9.17, 15) is 46.7 Å². The van der Waals surface area contributed by atoms with Crippen molar-refractivity contribution in [2.45, 2.75) is 82.6 Å². The molecule has 0 radical (unpaired) electrons. The van der Waals surface area contributed by atoms with Crippen molar-refractivity contribution in [2.24, 2.45) is 17.4 Å². The average molecular weight is 956 g/mol. The van der Waals surface area contributed by atoms with Crippen LogP contribution in [-0.2, 0) is 34.5 Å². The molecule has 2 aliphatic rings. The van der Waals surface area contributed by atoms with Gasteiger partial charge < -0.3 is 42.2 Å². The molecular weight excluding hydrogens is 900 g/mol. The van der Waals surface area contributed by atoms with Gasteiger partial charge in [-0.3, -0.25) is 38.5 Å². The molecule has 0 spiro atoms. The van der Waals surface area contributed by atoms with Crippen molar-refractivity contribution in [3.8, 4) is 5.75 Å². The first-order chi connectivity index (χ1) is 31.7. The number of nitrogens with one attached hydrogen (secondary N) is 3. The number of likely N-dealkylation sites (tertiary alicyclic amines) is 1. The molecule has 3 aromatic carbocycles. The van der Waals surface area contributed by atoms with Crippen molar-refractivity contribution in [3.63, 3.8) is 0 Å². The minimum Gasteiger partial charge on any atom is -0.497 e. The highest BCUT2D eigenvalue weighted by Crippen LogP contribution is 2.32. The number of nitrogens with two attached hydrogens (primary N) is 2. The Hall–Kier alpha value is -6.32. The topological polar surface area (TPSA) is 261 Å². The molecule has 67 heavy (non-hydrogen) atoms. The first kappa shape index (κ1) is 53.3. The number of imide groups is 1. The van der Waals surface area contributed by atoms with Gasteiger partial charge in [0.05, 0.1) is 31.3 Å². The molecule has 17 nitrogen and oxygen atoms in total. The van der Waals surface area contributed by atoms with Gasteiger partial charge in [0.25, 0.3) is 5.91 Å². The number of nitrogens with zero attached hydrogens (tertiary/aromatic N) is 2. The van der Waals surface area contributed by atoms with Crippen LogP contribution in [0, 0.1) is 5.92 Å². The molecule has 1 aliphatic carbocycles. The summed E-state index contributed by atoms with van der Waals surface area (Å²) < 4.78 is 36.9. The number of anilines is 1. The van der Waals surface area contributed by atoms with Crippen molar-refractivity contribution in [2.75, 3.05) is 44.4 Å². The van der Waals surface area contributed by atoms with Gasteiger partial charge in [0.15, 0.2) is 11.6 Å². The second-order valence-corrected chi connectivity index (χ2v) is 17.3. The smallest absolute Gasteiger partial charge is 0.490 e. The third-order valence-electron chi connectivity index (χ3n) is 10.6. The highest BCUT2D eigenvalue weighted by Gasteiger charge is 2.42. The number of rotatable bonds is 19. The zero-order chi connectivity index (χ0) is 49.6. The predicted molar refractivity (Wildman–Crippen MR) is 243 cm³/mol. The molecule has 1 aliphatic heterocycles. The molecule has 1 saturated heterocycles. The summed E-state index contributed by atoms with van der Waals surface area (Å²) in [5.74, 6) is -4.30. The largest absolute Gasteiger partial charge is 0.497 e. The van der Waals surface area contributed by atoms with E-state index in [4.69, 9.17) is 26.1 Å². The number of amides is 5. The zero-order valence-corrected chi connectivity index (χ0v) is 38.3. The number of carboxylic acids is 1. The lowest BCUT2D eigenvalue weighted by molar-refractivity contribution is -0.192. The Morgan fingerprint density at radius 2 is 1.55 bits per heavy atom. The fourth-order valence-corrected chi connectivity index (χ4v) is 8.28. The van der Waals surface area contributed by atoms with Gasteiger partial charge in [-0.25, -0.2) is 4.79 Å². The zero-order valence-electron chi connectivity index (χ0n) is 37.5. The maximum absolute atomic E-state index is 14.1. The van der Waals surface area contributed by atoms with E-state index >= 15 is 0 Å². The van der Waals surface area contributed by atoms with Gasteiger partial charge in [0.1, 0.15) is 17.8 Å². The number of hydrogen-bond donors (Lipinski definition) is 6. The monoisotopic (exact) mass is 955 g/mol. The molecule has 4 atom stereocenters. The molecule has 8 N–H and O–H groups in total. The number of carboxylic acid groups (broad SMARTS) is 1. The average Bonchev–Trinajstić information content (AvgIpc) is 3.79. The fraction of sp³-hybridized carbons (Fsp3) is 0.435. The van der Waals surface area contributed by atoms with Crippen molar-refractivity contribution < 1.29 is 61.4 Å². The third-order valence-corrected chi connectivity index (χ3v) is 11.8. The van der Waals surface area contributed by atoms with E-state index in [1.165, 1.54) is 23.6 Å². The number of alkyl halides is 3. The minimum absolute atomic E-state index is 0.0104. The van der Waals surface area contributed by atoms with Crippen LogP contribution in [0.4, 0.5) is 18.9 Å². The highest BCUT2D eigenvalue weighted by atomic mass is 32.2. The Morgan fingerprint density at radius 1 is 0.925 bits per heavy atom. The molecule has 0 saturated carbocycles. The number of hydrogen-bond acceptors (Lipinski definition) is 13. The number of thioether (sulfide) groups is 1. The molecule has 0 unspecified atom stereocenters. The van der Waals surface area contributed by atoms with Gasteiger partial charge in [-0.05, 0) is 62.3 Å². The number of aliphatic carboxylic acids is 1. The molecular formula is C46H56F3N7O10S. The van der Waals surface area contributed by atoms with Crippen LogP contribution in [0.1, 0.15) is 83.9 Å². The van der Waals surface area contributed by atoms with E-state index < -0.39 is 72.4 Å². The maximum atomic E-state index is 14.1. The molecule has 3 aromatic rings. The summed E-state index contributed by atoms with van der Waals surface area (Å²) in [4.78, 5) is 105. The quantitative estimate of drug-likeness (QED) is 0.0736. The normalized spacial score (nSPS) is 15.5. The molecule has 362 valence electrons. The van der Waals surface area contributed by atoms with Gasteiger partial charge in [-0.2, -0.15) is 24.9 Å². The number of benzene rings is 3. The number of fused-ring (bicyclic) bond motifs is 2. The molecule has 0 aromatic heterocycles. The number of carbonyl (C=O) groups excluding carboxylic acids is 7. The second-order valence-electron chi connectivity index (χ2n) is 16.3. The summed E-state index contributed by atoms with van der Waals surface area (Å²) in [6, 6.07) is 15.5. The number of ketones is 2. The molecule has 1 heterocycles. The maximum Gasteiger partial charge on any atom is 0.490 e. The van der Waals surface area contributed by atoms with Gasteiger partial charge >= 0.3 is 12.1 Å². The number of carbonyl (C=O) groups is 8. The fourth-order valence-electron chi connectivity index (χ4n) is 7.33. The van der Waals surface area contributed by atoms with Crippen LogP contribution >= 0.6 is 11.8 Å². The van der Waals surface area contributed by atoms with E-state index in [0.717, 1.165) is 16.2 Å². The molecule has 5 rings (SSSR count). The van der Waals surface area contributed by atoms with E-state index in [1.807, 2.05) is 38.1 Å². The number of methoxy groups -OCH3 is 1. The summed E-state index contributed by atoms with van der Waals surface area (Å²) in [6.07, 6.45) is -3.72. The van der Waals surface area contributed by atoms with E-state index in [0.29, 0.717) is 46.7 Å². The van der Waals surface area contributed by atoms with Crippen LogP contribution in [0.3, 0.4) is 0 Å². The molecule has 1 fully saturated rings. The Labute approximate surface area is 389 Å². The van der Waals surface area contributed by atoms with E-state index in [-0.39, 0.29) is 55.5 Å². The van der Waals surface area contributed by atoms with E-state index in [1.54, 1.807) is 49.6 Å². The van der Waals surface area contributed by atoms with Crippen LogP contribution < -0.4 is 32.2 Å². The number of halogens is 3. The lowest BCUT2D eigenvalue weighted by Crippen LogP contribution is -2.57. The summed E-state index contributed by atoms with van der Waals surface area (Å²) in [5, 5.41) is 15.6. The van der Waals surface area contributed by atoms with Crippen LogP contribution in [0.2, 0.25) is 0 Å². The standard InChI is InChI=1S/C44H55N7O8S.C2HF3O2/c1-26(2)22-35(49-37(52)23-48-41(55)33(46)25-60-24-28-15-17-29(59-4)18-16-28)43(57)50-20-8-14-36(50)44(58)51(42(56)27(3)45)21-9-19-47-34-13-7-12-32-38(34)40(54)31-11-6-5-10-30(31)39(32)53;3-2(4,5)1(6)7/h5-7,10-13,15-18,26-27,33,35-36,47H,8-9,14,19-25,45-46H2,1-4H3,(H,48,55)(H,49,52);(H,6,7)/t27-,33-,35-,36-;/m0./s1. The molecule has 5 amide bonds. The van der Waals surface area contributed by atoms with Gasteiger partial charge in [0, 0.05) is 53.5 Å². The molecule has 0 bridgehead atoms. The van der Waals surface area contributed by atoms with Crippen LogP contribution in [0.5, 0.6) is 5.75 Å². The van der Waals surface area contributed by atoms with Crippen LogP contribution in [-0.4, -0.2) is 131 Å². The Balaban J connectivity index is 0.00000129. The summed E-state index contributed by atoms with van der Waals surface area (Å²) in [5.41, 5.74) is 14.8. The summed E-state index contributed by atoms with van der Waals surface area (Å²) in [7, 11) is 1.60. The van der Waals surface area contributed by atoms with Gasteiger partial charge in [0.2, 0.25) is 23.6 Å². The van der Waals surface area contributed by atoms with Crippen LogP contribution in [0.25, 0.3) is 0 Å². The van der Waals surface area contributed by atoms with Gasteiger partial charge in [-0.1, -0.05) is 62.4 Å². The Morgan fingerprint density at radius 3 is 2.15 bits per heavy atom.